The molecule has 1 heterocycles. The number of nitrogens with one attached hydrogen (secondary N) is 1. The molecule has 3 aromatic carbocycles. The van der Waals surface area contributed by atoms with E-state index >= 15 is 0 Å². The molecule has 148 valence electrons. The van der Waals surface area contributed by atoms with Gasteiger partial charge in [-0.1, -0.05) is 84.9 Å². The molecule has 1 N–H and O–H groups in total. The van der Waals surface area contributed by atoms with E-state index in [9.17, 15) is 9.59 Å². The van der Waals surface area contributed by atoms with E-state index in [1.165, 1.54) is 11.3 Å². The molecule has 0 radical (unpaired) electrons. The molecule has 3 nitrogen and oxygen atoms in total. The number of thiophene rings is 1. The van der Waals surface area contributed by atoms with Gasteiger partial charge in [-0.05, 0) is 28.8 Å². The Labute approximate surface area is 180 Å². The zero-order valence-electron chi connectivity index (χ0n) is 16.4. The number of ketones is 1. The van der Waals surface area contributed by atoms with E-state index in [1.54, 1.807) is 0 Å². The van der Waals surface area contributed by atoms with Crippen LogP contribution in [0.2, 0.25) is 0 Å². The molecule has 0 saturated carbocycles. The zero-order valence-corrected chi connectivity index (χ0v) is 17.2. The average Bonchev–Trinajstić information content (AvgIpc) is 3.28. The van der Waals surface area contributed by atoms with Gasteiger partial charge in [-0.3, -0.25) is 9.59 Å². The van der Waals surface area contributed by atoms with E-state index in [0.29, 0.717) is 23.4 Å². The van der Waals surface area contributed by atoms with E-state index in [0.717, 1.165) is 21.6 Å². The lowest BCUT2D eigenvalue weighted by molar-refractivity contribution is -0.120. The van der Waals surface area contributed by atoms with Crippen LogP contribution in [0.4, 0.5) is 0 Å². The highest BCUT2D eigenvalue weighted by atomic mass is 32.1. The number of carbonyl (C=O) groups is 2. The van der Waals surface area contributed by atoms with Gasteiger partial charge in [0.2, 0.25) is 11.7 Å². The van der Waals surface area contributed by atoms with Crippen molar-refractivity contribution in [3.63, 3.8) is 0 Å². The van der Waals surface area contributed by atoms with Crippen LogP contribution in [0.3, 0.4) is 0 Å². The second-order valence-electron chi connectivity index (χ2n) is 6.98. The van der Waals surface area contributed by atoms with Crippen LogP contribution in [0.25, 0.3) is 11.1 Å². The minimum atomic E-state index is -0.0354. The molecule has 4 aromatic rings. The summed E-state index contributed by atoms with van der Waals surface area (Å²) in [7, 11) is 0. The smallest absolute Gasteiger partial charge is 0.224 e. The van der Waals surface area contributed by atoms with Crippen molar-refractivity contribution in [2.45, 2.75) is 13.0 Å². The second-order valence-corrected chi connectivity index (χ2v) is 8.15. The van der Waals surface area contributed by atoms with Crippen molar-refractivity contribution in [3.05, 3.63) is 118 Å². The first kappa shape index (κ1) is 19.8. The summed E-state index contributed by atoms with van der Waals surface area (Å²) in [4.78, 5) is 26.5. The van der Waals surface area contributed by atoms with Crippen molar-refractivity contribution in [2.75, 3.05) is 0 Å². The highest BCUT2D eigenvalue weighted by Crippen LogP contribution is 2.21. The lowest BCUT2D eigenvalue weighted by Crippen LogP contribution is -2.24. The molecule has 0 spiro atoms. The van der Waals surface area contributed by atoms with Crippen molar-refractivity contribution in [1.29, 1.82) is 0 Å². The Morgan fingerprint density at radius 3 is 2.03 bits per heavy atom. The summed E-state index contributed by atoms with van der Waals surface area (Å²) < 4.78 is 0. The van der Waals surface area contributed by atoms with Crippen LogP contribution in [0.15, 0.2) is 97.1 Å². The van der Waals surface area contributed by atoms with Crippen molar-refractivity contribution in [1.82, 2.24) is 5.32 Å². The van der Waals surface area contributed by atoms with Gasteiger partial charge in [0.05, 0.1) is 17.8 Å². The predicted octanol–water partition coefficient (Wildman–Crippen LogP) is 5.51. The Hall–Kier alpha value is -3.50. The molecule has 4 heteroatoms. The van der Waals surface area contributed by atoms with Gasteiger partial charge in [-0.15, -0.1) is 11.3 Å². The van der Waals surface area contributed by atoms with Crippen LogP contribution >= 0.6 is 11.3 Å². The van der Waals surface area contributed by atoms with Gasteiger partial charge >= 0.3 is 0 Å². The molecule has 30 heavy (non-hydrogen) atoms. The summed E-state index contributed by atoms with van der Waals surface area (Å²) >= 11 is 1.42. The molecule has 4 rings (SSSR count). The van der Waals surface area contributed by atoms with Crippen LogP contribution in [0.5, 0.6) is 0 Å². The van der Waals surface area contributed by atoms with E-state index < -0.39 is 0 Å². The Kier molecular flexibility index (Phi) is 6.16. The largest absolute Gasteiger partial charge is 0.351 e. The molecule has 1 amide bonds. The lowest BCUT2D eigenvalue weighted by Gasteiger charge is -2.06. The van der Waals surface area contributed by atoms with E-state index in [2.05, 4.69) is 17.4 Å². The molecule has 0 bridgehead atoms. The Morgan fingerprint density at radius 1 is 0.700 bits per heavy atom. The summed E-state index contributed by atoms with van der Waals surface area (Å²) in [6.45, 7) is 0.424. The molecule has 0 aliphatic carbocycles. The Morgan fingerprint density at radius 2 is 1.33 bits per heavy atom. The third-order valence-corrected chi connectivity index (χ3v) is 5.89. The first-order valence-corrected chi connectivity index (χ1v) is 10.6. The molecular weight excluding hydrogens is 390 g/mol. The van der Waals surface area contributed by atoms with E-state index in [1.807, 2.05) is 84.9 Å². The third-order valence-electron chi connectivity index (χ3n) is 4.81. The lowest BCUT2D eigenvalue weighted by atomic mass is 10.0. The number of hydrogen-bond donors (Lipinski definition) is 1. The van der Waals surface area contributed by atoms with Crippen LogP contribution in [0, 0.1) is 0 Å². The molecule has 0 fully saturated rings. The van der Waals surface area contributed by atoms with Crippen LogP contribution in [0.1, 0.15) is 25.7 Å². The Bertz CT molecular complexity index is 1130. The minimum Gasteiger partial charge on any atom is -0.351 e. The van der Waals surface area contributed by atoms with Crippen LogP contribution in [-0.2, 0) is 17.8 Å². The fourth-order valence-corrected chi connectivity index (χ4v) is 4.12. The molecule has 0 unspecified atom stereocenters. The van der Waals surface area contributed by atoms with Crippen molar-refractivity contribution in [3.8, 4) is 11.1 Å². The molecular formula is C26H21NO2S. The second kappa shape index (κ2) is 9.33. The van der Waals surface area contributed by atoms with Gasteiger partial charge in [-0.2, -0.15) is 0 Å². The van der Waals surface area contributed by atoms with E-state index in [4.69, 9.17) is 0 Å². The fourth-order valence-electron chi connectivity index (χ4n) is 3.21. The number of hydrogen-bond acceptors (Lipinski definition) is 3. The van der Waals surface area contributed by atoms with Gasteiger partial charge in [0.1, 0.15) is 0 Å². The van der Waals surface area contributed by atoms with Gasteiger partial charge in [-0.25, -0.2) is 0 Å². The first-order valence-electron chi connectivity index (χ1n) is 9.78. The number of carbonyl (C=O) groups excluding carboxylic acids is 2. The zero-order chi connectivity index (χ0) is 20.8. The summed E-state index contributed by atoms with van der Waals surface area (Å²) in [5, 5.41) is 2.95. The van der Waals surface area contributed by atoms with Crippen molar-refractivity contribution >= 4 is 23.0 Å². The summed E-state index contributed by atoms with van der Waals surface area (Å²) in [5.41, 5.74) is 3.94. The summed E-state index contributed by atoms with van der Waals surface area (Å²) in [5.74, 6) is -0.0246. The fraction of sp³-hybridized carbons (Fsp3) is 0.0769. The minimum absolute atomic E-state index is 0.0108. The molecule has 1 aromatic heterocycles. The number of rotatable bonds is 7. The molecule has 0 aliphatic rings. The maximum Gasteiger partial charge on any atom is 0.224 e. The summed E-state index contributed by atoms with van der Waals surface area (Å²) in [6.07, 6.45) is 0.330. The van der Waals surface area contributed by atoms with Gasteiger partial charge in [0.25, 0.3) is 0 Å². The normalized spacial score (nSPS) is 10.5. The molecule has 0 atom stereocenters. The topological polar surface area (TPSA) is 46.2 Å². The van der Waals surface area contributed by atoms with Gasteiger partial charge in [0, 0.05) is 10.4 Å². The number of benzene rings is 3. The van der Waals surface area contributed by atoms with Crippen molar-refractivity contribution in [2.24, 2.45) is 0 Å². The third kappa shape index (κ3) is 4.91. The monoisotopic (exact) mass is 411 g/mol. The molecule has 0 saturated heterocycles. The van der Waals surface area contributed by atoms with E-state index in [-0.39, 0.29) is 11.7 Å². The predicted molar refractivity (Wildman–Crippen MR) is 122 cm³/mol. The first-order chi connectivity index (χ1) is 14.7. The average molecular weight is 412 g/mol. The SMILES string of the molecule is O=C(Cc1ccc(-c2ccccc2)cc1)NCc1ccc(C(=O)c2ccccc2)s1. The summed E-state index contributed by atoms with van der Waals surface area (Å²) in [6, 6.07) is 31.2. The van der Waals surface area contributed by atoms with Gasteiger partial charge in [0.15, 0.2) is 0 Å². The Balaban J connectivity index is 1.31. The van der Waals surface area contributed by atoms with Crippen LogP contribution < -0.4 is 5.32 Å². The van der Waals surface area contributed by atoms with Gasteiger partial charge < -0.3 is 5.32 Å². The number of amides is 1. The standard InChI is InChI=1S/C26H21NO2S/c28-25(17-19-11-13-21(14-12-19)20-7-3-1-4-8-20)27-18-23-15-16-24(30-23)26(29)22-9-5-2-6-10-22/h1-16H,17-18H2,(H,27,28). The highest BCUT2D eigenvalue weighted by Gasteiger charge is 2.12. The van der Waals surface area contributed by atoms with Crippen molar-refractivity contribution < 1.29 is 9.59 Å². The van der Waals surface area contributed by atoms with Crippen LogP contribution in [-0.4, -0.2) is 11.7 Å². The quantitative estimate of drug-likeness (QED) is 0.408. The highest BCUT2D eigenvalue weighted by molar-refractivity contribution is 7.14. The maximum absolute atomic E-state index is 12.5. The molecule has 0 aliphatic heterocycles. The maximum atomic E-state index is 12.5.